The van der Waals surface area contributed by atoms with Crippen molar-refractivity contribution in [1.29, 1.82) is 0 Å². The molecule has 0 fully saturated rings. The minimum Gasteiger partial charge on any atom is -0.456 e. The molecule has 3 N–H and O–H groups in total. The van der Waals surface area contributed by atoms with Crippen molar-refractivity contribution < 1.29 is 32.6 Å². The first-order valence-electron chi connectivity index (χ1n) is 13.5. The normalized spacial score (nSPS) is 11.9. The quantitative estimate of drug-likeness (QED) is 0.0664. The lowest BCUT2D eigenvalue weighted by atomic mass is 9.93. The standard InChI is InChI=1S/C29H35N3O7S2/c1-5-31(6-2)20-9-12-23-26(17-20)37-27-18-21(32(7-3)8-4)10-13-24(27)29(23)25-14-11-22(19-28(25)40-39-38-34)41(35,36)30-15-16-33/h9-14,17-19,30,33H,5-8,15-16H2,1-4H3/p+1. The Balaban J connectivity index is 2.06. The highest BCUT2D eigenvalue weighted by Crippen LogP contribution is 2.44. The molecule has 0 saturated heterocycles. The highest BCUT2D eigenvalue weighted by molar-refractivity contribution is 7.94. The summed E-state index contributed by atoms with van der Waals surface area (Å²) in [6.07, 6.45) is 0. The minimum atomic E-state index is -3.91. The Labute approximate surface area is 244 Å². The lowest BCUT2D eigenvalue weighted by Gasteiger charge is -2.22. The van der Waals surface area contributed by atoms with E-state index in [-0.39, 0.29) is 18.0 Å². The van der Waals surface area contributed by atoms with Crippen LogP contribution in [-0.2, 0) is 19.4 Å². The number of sulfonamides is 1. The third-order valence-electron chi connectivity index (χ3n) is 7.04. The Bertz CT molecular complexity index is 1640. The van der Waals surface area contributed by atoms with Crippen LogP contribution in [0.15, 0.2) is 68.8 Å². The maximum absolute atomic E-state index is 12.8. The first-order valence-corrected chi connectivity index (χ1v) is 15.8. The van der Waals surface area contributed by atoms with Crippen LogP contribution in [-0.4, -0.2) is 58.1 Å². The molecule has 0 bridgehead atoms. The Morgan fingerprint density at radius 3 is 2.37 bits per heavy atom. The van der Waals surface area contributed by atoms with Gasteiger partial charge in [-0.25, -0.2) is 23.0 Å². The predicted octanol–water partition coefficient (Wildman–Crippen LogP) is 4.56. The van der Waals surface area contributed by atoms with Crippen LogP contribution < -0.4 is 19.6 Å². The fourth-order valence-electron chi connectivity index (χ4n) is 4.99. The van der Waals surface area contributed by atoms with Gasteiger partial charge >= 0.3 is 0 Å². The van der Waals surface area contributed by atoms with Gasteiger partial charge in [0.25, 0.3) is 0 Å². The molecule has 220 valence electrons. The molecule has 1 aliphatic heterocycles. The number of hydrogen-bond acceptors (Lipinski definition) is 9. The summed E-state index contributed by atoms with van der Waals surface area (Å²) < 4.78 is 41.6. The number of fused-ring (bicyclic) bond motifs is 2. The number of rotatable bonds is 13. The van der Waals surface area contributed by atoms with Crippen molar-refractivity contribution in [3.8, 4) is 22.5 Å². The van der Waals surface area contributed by atoms with Gasteiger partial charge in [0.15, 0.2) is 0 Å². The van der Waals surface area contributed by atoms with Gasteiger partial charge in [-0.15, -0.1) is 4.33 Å². The molecule has 0 aromatic heterocycles. The van der Waals surface area contributed by atoms with Crippen molar-refractivity contribution in [2.75, 3.05) is 44.2 Å². The average molecular weight is 603 g/mol. The molecule has 12 heteroatoms. The summed E-state index contributed by atoms with van der Waals surface area (Å²) in [5, 5.41) is 23.7. The molecule has 2 aromatic rings. The van der Waals surface area contributed by atoms with E-state index in [1.54, 1.807) is 6.07 Å². The molecule has 0 saturated carbocycles. The van der Waals surface area contributed by atoms with Crippen molar-refractivity contribution in [2.24, 2.45) is 0 Å². The third-order valence-corrected chi connectivity index (χ3v) is 9.14. The average Bonchev–Trinajstić information content (AvgIpc) is 2.99. The van der Waals surface area contributed by atoms with Gasteiger partial charge in [-0.2, -0.15) is 0 Å². The van der Waals surface area contributed by atoms with Crippen LogP contribution in [0.3, 0.4) is 0 Å². The Morgan fingerprint density at radius 1 is 0.976 bits per heavy atom. The highest BCUT2D eigenvalue weighted by Gasteiger charge is 2.24. The third kappa shape index (κ3) is 6.59. The summed E-state index contributed by atoms with van der Waals surface area (Å²) in [7, 11) is -3.91. The summed E-state index contributed by atoms with van der Waals surface area (Å²) in [4.78, 5) is 2.60. The van der Waals surface area contributed by atoms with Crippen LogP contribution in [0.2, 0.25) is 0 Å². The van der Waals surface area contributed by atoms with Gasteiger partial charge in [-0.05, 0) is 63.6 Å². The van der Waals surface area contributed by atoms with Crippen LogP contribution in [0, 0.1) is 0 Å². The molecule has 1 aliphatic carbocycles. The van der Waals surface area contributed by atoms with Crippen LogP contribution in [0.5, 0.6) is 0 Å². The number of nitrogens with one attached hydrogen (secondary N) is 1. The Hall–Kier alpha value is -2.97. The number of aliphatic hydroxyl groups is 1. The molecule has 0 spiro atoms. The van der Waals surface area contributed by atoms with E-state index in [0.717, 1.165) is 53.7 Å². The van der Waals surface area contributed by atoms with Crippen LogP contribution in [0.25, 0.3) is 33.4 Å². The summed E-state index contributed by atoms with van der Waals surface area (Å²) in [6, 6.07) is 16.8. The molecule has 1 heterocycles. The van der Waals surface area contributed by atoms with Gasteiger partial charge in [0.1, 0.15) is 24.4 Å². The number of hydrogen-bond donors (Lipinski definition) is 3. The smallest absolute Gasteiger partial charge is 0.240 e. The molecule has 0 radical (unpaired) electrons. The number of nitrogens with zero attached hydrogens (tertiary/aromatic N) is 2. The Kier molecular flexibility index (Phi) is 10.4. The largest absolute Gasteiger partial charge is 0.456 e. The molecule has 4 rings (SSSR count). The van der Waals surface area contributed by atoms with E-state index in [9.17, 15) is 8.42 Å². The Morgan fingerprint density at radius 2 is 1.71 bits per heavy atom. The second kappa shape index (κ2) is 13.8. The van der Waals surface area contributed by atoms with E-state index in [4.69, 9.17) is 19.1 Å². The monoisotopic (exact) mass is 602 g/mol. The molecule has 0 amide bonds. The number of aliphatic hydroxyl groups excluding tert-OH is 1. The van der Waals surface area contributed by atoms with Crippen molar-refractivity contribution in [3.05, 3.63) is 60.0 Å². The van der Waals surface area contributed by atoms with E-state index in [1.165, 1.54) is 12.1 Å². The molecule has 2 aliphatic rings. The molecule has 41 heavy (non-hydrogen) atoms. The zero-order chi connectivity index (χ0) is 29.6. The van der Waals surface area contributed by atoms with E-state index < -0.39 is 10.0 Å². The van der Waals surface area contributed by atoms with Gasteiger partial charge < -0.3 is 14.4 Å². The van der Waals surface area contributed by atoms with E-state index in [2.05, 4.69) is 46.9 Å². The minimum absolute atomic E-state index is 0.0272. The van der Waals surface area contributed by atoms with Crippen molar-refractivity contribution >= 4 is 38.7 Å². The molecule has 10 nitrogen and oxygen atoms in total. The summed E-state index contributed by atoms with van der Waals surface area (Å²) >= 11 is 0.683. The maximum atomic E-state index is 12.8. The molecular weight excluding hydrogens is 566 g/mol. The van der Waals surface area contributed by atoms with Crippen molar-refractivity contribution in [2.45, 2.75) is 37.5 Å². The summed E-state index contributed by atoms with van der Waals surface area (Å²) in [5.41, 5.74) is 3.99. The first kappa shape index (κ1) is 31.0. The van der Waals surface area contributed by atoms with E-state index >= 15 is 0 Å². The van der Waals surface area contributed by atoms with Gasteiger partial charge in [-0.1, -0.05) is 11.1 Å². The molecule has 0 atom stereocenters. The lowest BCUT2D eigenvalue weighted by Crippen LogP contribution is -2.29. The van der Waals surface area contributed by atoms with Gasteiger partial charge in [0.2, 0.25) is 15.4 Å². The van der Waals surface area contributed by atoms with Crippen molar-refractivity contribution in [1.82, 2.24) is 9.30 Å². The van der Waals surface area contributed by atoms with E-state index in [0.29, 0.717) is 33.8 Å². The van der Waals surface area contributed by atoms with Gasteiger partial charge in [0, 0.05) is 58.9 Å². The van der Waals surface area contributed by atoms with E-state index in [1.807, 2.05) is 36.4 Å². The molecular formula is C29H36N3O7S2+. The summed E-state index contributed by atoms with van der Waals surface area (Å²) in [5.74, 6) is 0.671. The second-order valence-corrected chi connectivity index (χ2v) is 11.7. The fraction of sp³-hybridized carbons (Fsp3) is 0.345. The number of anilines is 1. The summed E-state index contributed by atoms with van der Waals surface area (Å²) in [6.45, 7) is 11.3. The van der Waals surface area contributed by atoms with Crippen LogP contribution in [0.4, 0.5) is 5.69 Å². The predicted molar refractivity (Wildman–Crippen MR) is 161 cm³/mol. The van der Waals surface area contributed by atoms with Crippen molar-refractivity contribution in [3.63, 3.8) is 0 Å². The zero-order valence-electron chi connectivity index (χ0n) is 23.6. The molecule has 2 aromatic carbocycles. The highest BCUT2D eigenvalue weighted by atomic mass is 32.2. The first-order chi connectivity index (χ1) is 19.8. The topological polar surface area (TPSA) is 124 Å². The number of benzene rings is 3. The fourth-order valence-corrected chi connectivity index (χ4v) is 6.65. The molecule has 0 unspecified atom stereocenters. The SMILES string of the molecule is CCN(CC)c1ccc2c(-c3ccc(S(=O)(=O)NCCO)cc3SOOO)c3ccc(=[N+](CC)CC)cc-3oc2c1. The zero-order valence-corrected chi connectivity index (χ0v) is 25.2. The van der Waals surface area contributed by atoms with Crippen LogP contribution in [0.1, 0.15) is 27.7 Å². The van der Waals surface area contributed by atoms with Gasteiger partial charge in [0.05, 0.1) is 29.6 Å². The maximum Gasteiger partial charge on any atom is 0.240 e. The second-order valence-electron chi connectivity index (χ2n) is 9.19. The lowest BCUT2D eigenvalue weighted by molar-refractivity contribution is -0.432. The van der Waals surface area contributed by atoms with Crippen LogP contribution >= 0.6 is 12.0 Å². The van der Waals surface area contributed by atoms with Gasteiger partial charge in [-0.3, -0.25) is 0 Å².